The van der Waals surface area contributed by atoms with Crippen LogP contribution in [0.4, 0.5) is 5.69 Å². The lowest BCUT2D eigenvalue weighted by molar-refractivity contribution is -0.118. The highest BCUT2D eigenvalue weighted by molar-refractivity contribution is 7.89. The molecule has 6 nitrogen and oxygen atoms in total. The Kier molecular flexibility index (Phi) is 5.48. The number of nitrogens with one attached hydrogen (secondary N) is 1. The van der Waals surface area contributed by atoms with Crippen LogP contribution in [-0.4, -0.2) is 20.9 Å². The Balaban J connectivity index is 2.03. The molecule has 0 aliphatic carbocycles. The van der Waals surface area contributed by atoms with Crippen LogP contribution < -0.4 is 15.2 Å². The third-order valence-corrected chi connectivity index (χ3v) is 4.75. The van der Waals surface area contributed by atoms with Crippen molar-refractivity contribution in [2.24, 2.45) is 5.14 Å². The molecule has 128 valence electrons. The molecule has 2 rings (SSSR count). The van der Waals surface area contributed by atoms with Crippen molar-refractivity contribution >= 4 is 33.2 Å². The summed E-state index contributed by atoms with van der Waals surface area (Å²) < 4.78 is 28.4. The van der Waals surface area contributed by atoms with Crippen molar-refractivity contribution in [3.63, 3.8) is 0 Å². The number of ether oxygens (including phenoxy) is 1. The molecule has 0 saturated carbocycles. The molecule has 0 bridgehead atoms. The van der Waals surface area contributed by atoms with Crippen LogP contribution in [0.2, 0.25) is 5.02 Å². The van der Waals surface area contributed by atoms with Crippen molar-refractivity contribution in [2.75, 3.05) is 11.9 Å². The number of rotatable bonds is 5. The van der Waals surface area contributed by atoms with E-state index in [0.717, 1.165) is 5.56 Å². The minimum atomic E-state index is -3.85. The fraction of sp³-hybridized carbons (Fsp3) is 0.188. The van der Waals surface area contributed by atoms with E-state index in [1.807, 2.05) is 6.92 Å². The predicted octanol–water partition coefficient (Wildman–Crippen LogP) is 2.62. The van der Waals surface area contributed by atoms with Gasteiger partial charge in [0, 0.05) is 10.7 Å². The van der Waals surface area contributed by atoms with Gasteiger partial charge in [-0.05, 0) is 55.3 Å². The van der Waals surface area contributed by atoms with Gasteiger partial charge in [-0.3, -0.25) is 4.79 Å². The molecule has 0 aliphatic heterocycles. The SMILES string of the molecule is Cc1cc(OCC(=O)Nc2ccc(C)c(S(N)(=O)=O)c2)ccc1Cl. The molecule has 0 aromatic heterocycles. The van der Waals surface area contributed by atoms with Gasteiger partial charge in [-0.25, -0.2) is 13.6 Å². The van der Waals surface area contributed by atoms with Gasteiger partial charge in [0.1, 0.15) is 5.75 Å². The number of amides is 1. The van der Waals surface area contributed by atoms with E-state index in [4.69, 9.17) is 21.5 Å². The summed E-state index contributed by atoms with van der Waals surface area (Å²) in [6.07, 6.45) is 0. The van der Waals surface area contributed by atoms with E-state index < -0.39 is 15.9 Å². The lowest BCUT2D eigenvalue weighted by Crippen LogP contribution is -2.21. The highest BCUT2D eigenvalue weighted by atomic mass is 35.5. The molecule has 24 heavy (non-hydrogen) atoms. The maximum Gasteiger partial charge on any atom is 0.262 e. The number of benzene rings is 2. The van der Waals surface area contributed by atoms with Crippen LogP contribution in [0.1, 0.15) is 11.1 Å². The summed E-state index contributed by atoms with van der Waals surface area (Å²) in [6.45, 7) is 3.23. The number of hydrogen-bond donors (Lipinski definition) is 2. The van der Waals surface area contributed by atoms with Gasteiger partial charge in [0.15, 0.2) is 6.61 Å². The zero-order valence-corrected chi connectivity index (χ0v) is 14.7. The minimum absolute atomic E-state index is 0.0328. The first kappa shape index (κ1) is 18.3. The number of anilines is 1. The molecule has 1 amide bonds. The molecule has 0 aliphatic rings. The number of carbonyl (C=O) groups excluding carboxylic acids is 1. The predicted molar refractivity (Wildman–Crippen MR) is 92.9 cm³/mol. The van der Waals surface area contributed by atoms with Crippen LogP contribution in [0.25, 0.3) is 0 Å². The van der Waals surface area contributed by atoms with Crippen LogP contribution in [0.5, 0.6) is 5.75 Å². The fourth-order valence-corrected chi connectivity index (χ4v) is 2.96. The molecule has 8 heteroatoms. The molecule has 2 aromatic rings. The molecule has 0 fully saturated rings. The Labute approximate surface area is 145 Å². The van der Waals surface area contributed by atoms with Crippen LogP contribution in [0, 0.1) is 13.8 Å². The number of carbonyl (C=O) groups is 1. The molecular weight excluding hydrogens is 352 g/mol. The first-order valence-electron chi connectivity index (χ1n) is 6.99. The van der Waals surface area contributed by atoms with E-state index in [2.05, 4.69) is 5.32 Å². The third-order valence-electron chi connectivity index (χ3n) is 3.28. The van der Waals surface area contributed by atoms with Gasteiger partial charge in [0.25, 0.3) is 5.91 Å². The van der Waals surface area contributed by atoms with E-state index in [9.17, 15) is 13.2 Å². The summed E-state index contributed by atoms with van der Waals surface area (Å²) >= 11 is 5.92. The molecule has 3 N–H and O–H groups in total. The summed E-state index contributed by atoms with van der Waals surface area (Å²) in [7, 11) is -3.85. The molecule has 2 aromatic carbocycles. The Morgan fingerprint density at radius 1 is 1.17 bits per heavy atom. The lowest BCUT2D eigenvalue weighted by atomic mass is 10.2. The smallest absolute Gasteiger partial charge is 0.262 e. The summed E-state index contributed by atoms with van der Waals surface area (Å²) in [5, 5.41) is 8.32. The summed E-state index contributed by atoms with van der Waals surface area (Å²) in [5.74, 6) is 0.0907. The summed E-state index contributed by atoms with van der Waals surface area (Å²) in [5.41, 5.74) is 1.67. The average molecular weight is 369 g/mol. The number of primary sulfonamides is 1. The van der Waals surface area contributed by atoms with Gasteiger partial charge in [0.2, 0.25) is 10.0 Å². The van der Waals surface area contributed by atoms with Crippen molar-refractivity contribution in [3.05, 3.63) is 52.5 Å². The van der Waals surface area contributed by atoms with Gasteiger partial charge < -0.3 is 10.1 Å². The average Bonchev–Trinajstić information content (AvgIpc) is 2.49. The number of aryl methyl sites for hydroxylation is 2. The monoisotopic (exact) mass is 368 g/mol. The van der Waals surface area contributed by atoms with Crippen LogP contribution >= 0.6 is 11.6 Å². The van der Waals surface area contributed by atoms with E-state index in [-0.39, 0.29) is 11.5 Å². The van der Waals surface area contributed by atoms with Gasteiger partial charge >= 0.3 is 0 Å². The molecule has 0 saturated heterocycles. The van der Waals surface area contributed by atoms with Crippen LogP contribution in [0.3, 0.4) is 0 Å². The largest absolute Gasteiger partial charge is 0.484 e. The number of hydrogen-bond acceptors (Lipinski definition) is 4. The van der Waals surface area contributed by atoms with Crippen molar-refractivity contribution in [3.8, 4) is 5.75 Å². The number of nitrogens with two attached hydrogens (primary N) is 1. The van der Waals surface area contributed by atoms with Gasteiger partial charge in [-0.15, -0.1) is 0 Å². The minimum Gasteiger partial charge on any atom is -0.484 e. The van der Waals surface area contributed by atoms with E-state index in [1.54, 1.807) is 37.3 Å². The standard InChI is InChI=1S/C16H17ClN2O4S/c1-10-3-4-12(8-15(10)24(18,21)22)19-16(20)9-23-13-5-6-14(17)11(2)7-13/h3-8H,9H2,1-2H3,(H,19,20)(H2,18,21,22). The van der Waals surface area contributed by atoms with E-state index in [1.165, 1.54) is 6.07 Å². The highest BCUT2D eigenvalue weighted by Crippen LogP contribution is 2.21. The van der Waals surface area contributed by atoms with E-state index >= 15 is 0 Å². The molecule has 0 heterocycles. The first-order valence-corrected chi connectivity index (χ1v) is 8.91. The second kappa shape index (κ2) is 7.21. The number of sulfonamides is 1. The second-order valence-corrected chi connectivity index (χ2v) is 7.21. The van der Waals surface area contributed by atoms with Crippen molar-refractivity contribution < 1.29 is 17.9 Å². The van der Waals surface area contributed by atoms with Gasteiger partial charge in [-0.1, -0.05) is 17.7 Å². The van der Waals surface area contributed by atoms with Crippen LogP contribution in [-0.2, 0) is 14.8 Å². The van der Waals surface area contributed by atoms with Gasteiger partial charge in [0.05, 0.1) is 4.90 Å². The quantitative estimate of drug-likeness (QED) is 0.847. The first-order chi connectivity index (χ1) is 11.2. The zero-order valence-electron chi connectivity index (χ0n) is 13.2. The maximum absolute atomic E-state index is 11.9. The molecule has 0 radical (unpaired) electrons. The van der Waals surface area contributed by atoms with E-state index in [0.29, 0.717) is 22.0 Å². The normalized spacial score (nSPS) is 11.2. The van der Waals surface area contributed by atoms with Crippen molar-refractivity contribution in [2.45, 2.75) is 18.7 Å². The van der Waals surface area contributed by atoms with Gasteiger partial charge in [-0.2, -0.15) is 0 Å². The molecule has 0 atom stereocenters. The Morgan fingerprint density at radius 3 is 2.50 bits per heavy atom. The Bertz CT molecular complexity index is 882. The molecular formula is C16H17ClN2O4S. The van der Waals surface area contributed by atoms with Crippen molar-refractivity contribution in [1.29, 1.82) is 0 Å². The Morgan fingerprint density at radius 2 is 1.88 bits per heavy atom. The lowest BCUT2D eigenvalue weighted by Gasteiger charge is -2.10. The van der Waals surface area contributed by atoms with Crippen LogP contribution in [0.15, 0.2) is 41.3 Å². The fourth-order valence-electron chi connectivity index (χ4n) is 2.04. The maximum atomic E-state index is 11.9. The van der Waals surface area contributed by atoms with Crippen molar-refractivity contribution in [1.82, 2.24) is 0 Å². The second-order valence-electron chi connectivity index (χ2n) is 5.27. The molecule has 0 spiro atoms. The molecule has 0 unspecified atom stereocenters. The summed E-state index contributed by atoms with van der Waals surface area (Å²) in [4.78, 5) is 11.9. The Hall–Kier alpha value is -2.09. The topological polar surface area (TPSA) is 98.5 Å². The zero-order chi connectivity index (χ0) is 17.9. The number of halogens is 1. The third kappa shape index (κ3) is 4.70. The highest BCUT2D eigenvalue weighted by Gasteiger charge is 2.13. The summed E-state index contributed by atoms with van der Waals surface area (Å²) in [6, 6.07) is 9.54.